The average Bonchev–Trinajstić information content (AvgIpc) is 2.55. The molecule has 0 radical (unpaired) electrons. The summed E-state index contributed by atoms with van der Waals surface area (Å²) in [5.74, 6) is 0.224. The highest BCUT2D eigenvalue weighted by Crippen LogP contribution is 2.20. The number of anilines is 2. The van der Waals surface area contributed by atoms with Gasteiger partial charge in [0.1, 0.15) is 0 Å². The van der Waals surface area contributed by atoms with Crippen LogP contribution in [0.5, 0.6) is 0 Å². The van der Waals surface area contributed by atoms with E-state index in [0.29, 0.717) is 35.4 Å². The van der Waals surface area contributed by atoms with Gasteiger partial charge in [-0.1, -0.05) is 11.6 Å². The van der Waals surface area contributed by atoms with Crippen LogP contribution in [0.1, 0.15) is 22.3 Å². The molecule has 6 nitrogen and oxygen atoms in total. The largest absolute Gasteiger partial charge is 0.385 e. The third-order valence-electron chi connectivity index (χ3n) is 3.16. The third-order valence-corrected chi connectivity index (χ3v) is 3.39. The van der Waals surface area contributed by atoms with Crippen molar-refractivity contribution in [1.82, 2.24) is 9.97 Å². The van der Waals surface area contributed by atoms with Gasteiger partial charge in [-0.05, 0) is 37.1 Å². The molecule has 2 rings (SSSR count). The average molecular weight is 335 g/mol. The molecule has 0 atom stereocenters. The second-order valence-corrected chi connectivity index (χ2v) is 5.42. The summed E-state index contributed by atoms with van der Waals surface area (Å²) in [7, 11) is 1.66. The van der Waals surface area contributed by atoms with E-state index in [2.05, 4.69) is 20.6 Å². The Morgan fingerprint density at radius 3 is 2.70 bits per heavy atom. The summed E-state index contributed by atoms with van der Waals surface area (Å²) in [4.78, 5) is 20.5. The van der Waals surface area contributed by atoms with Gasteiger partial charge in [-0.25, -0.2) is 9.97 Å². The van der Waals surface area contributed by atoms with Crippen LogP contribution in [0.25, 0.3) is 0 Å². The molecule has 2 N–H and O–H groups in total. The van der Waals surface area contributed by atoms with E-state index >= 15 is 0 Å². The Morgan fingerprint density at radius 1 is 1.30 bits per heavy atom. The number of carbonyl (C=O) groups is 1. The molecule has 0 saturated heterocycles. The molecule has 122 valence electrons. The highest BCUT2D eigenvalue weighted by Gasteiger charge is 2.09. The topological polar surface area (TPSA) is 76.1 Å². The van der Waals surface area contributed by atoms with Crippen molar-refractivity contribution in [3.05, 3.63) is 46.7 Å². The van der Waals surface area contributed by atoms with Crippen molar-refractivity contribution >= 4 is 29.1 Å². The van der Waals surface area contributed by atoms with E-state index in [1.165, 1.54) is 12.4 Å². The molecule has 0 aliphatic rings. The standard InChI is InChI=1S/C16H19ClN4O2/c1-11-8-13(17)4-5-14(11)21-15(22)12-9-19-16(20-10-12)18-6-3-7-23-2/h4-5,8-10H,3,6-7H2,1-2H3,(H,21,22)(H,18,19,20). The number of rotatable bonds is 7. The zero-order valence-electron chi connectivity index (χ0n) is 13.1. The first-order chi connectivity index (χ1) is 11.1. The van der Waals surface area contributed by atoms with Gasteiger partial charge in [-0.3, -0.25) is 4.79 Å². The molecule has 7 heteroatoms. The summed E-state index contributed by atoms with van der Waals surface area (Å²) in [5.41, 5.74) is 1.99. The summed E-state index contributed by atoms with van der Waals surface area (Å²) >= 11 is 5.90. The number of methoxy groups -OCH3 is 1. The second-order valence-electron chi connectivity index (χ2n) is 4.98. The van der Waals surface area contributed by atoms with Crippen molar-refractivity contribution < 1.29 is 9.53 Å². The quantitative estimate of drug-likeness (QED) is 0.761. The Bertz CT molecular complexity index is 662. The number of nitrogens with zero attached hydrogens (tertiary/aromatic N) is 2. The predicted molar refractivity (Wildman–Crippen MR) is 91.2 cm³/mol. The molecular weight excluding hydrogens is 316 g/mol. The number of aromatic nitrogens is 2. The lowest BCUT2D eigenvalue weighted by atomic mass is 10.2. The predicted octanol–water partition coefficient (Wildman–Crippen LogP) is 3.14. The third kappa shape index (κ3) is 5.19. The minimum atomic E-state index is -0.263. The van der Waals surface area contributed by atoms with Crippen LogP contribution in [-0.4, -0.2) is 36.1 Å². The Balaban J connectivity index is 1.94. The van der Waals surface area contributed by atoms with Crippen molar-refractivity contribution in [3.63, 3.8) is 0 Å². The van der Waals surface area contributed by atoms with E-state index in [4.69, 9.17) is 16.3 Å². The van der Waals surface area contributed by atoms with Crippen LogP contribution in [0.2, 0.25) is 5.02 Å². The molecule has 1 aromatic carbocycles. The molecular formula is C16H19ClN4O2. The van der Waals surface area contributed by atoms with E-state index in [1.807, 2.05) is 6.92 Å². The number of ether oxygens (including phenoxy) is 1. The van der Waals surface area contributed by atoms with Crippen LogP contribution in [0, 0.1) is 6.92 Å². The molecule has 0 bridgehead atoms. The fourth-order valence-electron chi connectivity index (χ4n) is 1.92. The number of benzene rings is 1. The van der Waals surface area contributed by atoms with Gasteiger partial charge in [0.15, 0.2) is 0 Å². The lowest BCUT2D eigenvalue weighted by Gasteiger charge is -2.09. The molecule has 1 heterocycles. The maximum absolute atomic E-state index is 12.2. The molecule has 2 aromatic rings. The zero-order valence-corrected chi connectivity index (χ0v) is 13.9. The van der Waals surface area contributed by atoms with E-state index < -0.39 is 0 Å². The zero-order chi connectivity index (χ0) is 16.7. The Kier molecular flexibility index (Phi) is 6.31. The van der Waals surface area contributed by atoms with Crippen LogP contribution < -0.4 is 10.6 Å². The van der Waals surface area contributed by atoms with Crippen molar-refractivity contribution in [2.75, 3.05) is 30.9 Å². The van der Waals surface area contributed by atoms with Gasteiger partial charge in [0.25, 0.3) is 5.91 Å². The maximum atomic E-state index is 12.2. The number of hydrogen-bond acceptors (Lipinski definition) is 5. The summed E-state index contributed by atoms with van der Waals surface area (Å²) in [6.45, 7) is 3.27. The van der Waals surface area contributed by atoms with Crippen molar-refractivity contribution in [2.45, 2.75) is 13.3 Å². The molecule has 0 fully saturated rings. The summed E-state index contributed by atoms with van der Waals surface area (Å²) < 4.78 is 4.96. The van der Waals surface area contributed by atoms with E-state index in [1.54, 1.807) is 25.3 Å². The highest BCUT2D eigenvalue weighted by molar-refractivity contribution is 6.30. The van der Waals surface area contributed by atoms with Crippen LogP contribution in [0.4, 0.5) is 11.6 Å². The Morgan fingerprint density at radius 2 is 2.04 bits per heavy atom. The highest BCUT2D eigenvalue weighted by atomic mass is 35.5. The molecule has 1 amide bonds. The second kappa shape index (κ2) is 8.45. The lowest BCUT2D eigenvalue weighted by molar-refractivity contribution is 0.102. The van der Waals surface area contributed by atoms with Crippen LogP contribution >= 0.6 is 11.6 Å². The van der Waals surface area contributed by atoms with E-state index in [-0.39, 0.29) is 5.91 Å². The Labute approximate surface area is 140 Å². The van der Waals surface area contributed by atoms with Gasteiger partial charge in [0.2, 0.25) is 5.95 Å². The first-order valence-electron chi connectivity index (χ1n) is 7.22. The number of amides is 1. The van der Waals surface area contributed by atoms with Gasteiger partial charge in [0, 0.05) is 43.4 Å². The number of nitrogens with one attached hydrogen (secondary N) is 2. The van der Waals surface area contributed by atoms with Gasteiger partial charge >= 0.3 is 0 Å². The summed E-state index contributed by atoms with van der Waals surface area (Å²) in [6.07, 6.45) is 3.84. The smallest absolute Gasteiger partial charge is 0.258 e. The number of aryl methyl sites for hydroxylation is 1. The minimum absolute atomic E-state index is 0.263. The van der Waals surface area contributed by atoms with Gasteiger partial charge in [-0.2, -0.15) is 0 Å². The van der Waals surface area contributed by atoms with Gasteiger partial charge in [-0.15, -0.1) is 0 Å². The van der Waals surface area contributed by atoms with Gasteiger partial charge in [0.05, 0.1) is 5.56 Å². The van der Waals surface area contributed by atoms with Crippen molar-refractivity contribution in [2.24, 2.45) is 0 Å². The fraction of sp³-hybridized carbons (Fsp3) is 0.312. The minimum Gasteiger partial charge on any atom is -0.385 e. The maximum Gasteiger partial charge on any atom is 0.258 e. The van der Waals surface area contributed by atoms with Crippen LogP contribution in [-0.2, 0) is 4.74 Å². The molecule has 0 spiro atoms. The Hall–Kier alpha value is -2.18. The lowest BCUT2D eigenvalue weighted by Crippen LogP contribution is -2.14. The summed E-state index contributed by atoms with van der Waals surface area (Å²) in [5, 5.41) is 6.51. The first-order valence-corrected chi connectivity index (χ1v) is 7.60. The normalized spacial score (nSPS) is 10.4. The van der Waals surface area contributed by atoms with Crippen LogP contribution in [0.3, 0.4) is 0 Å². The number of hydrogen-bond donors (Lipinski definition) is 2. The molecule has 23 heavy (non-hydrogen) atoms. The summed E-state index contributed by atoms with van der Waals surface area (Å²) in [6, 6.07) is 5.29. The van der Waals surface area contributed by atoms with E-state index in [0.717, 1.165) is 12.0 Å². The SMILES string of the molecule is COCCCNc1ncc(C(=O)Nc2ccc(Cl)cc2C)cn1. The first kappa shape index (κ1) is 17.2. The van der Waals surface area contributed by atoms with Crippen LogP contribution in [0.15, 0.2) is 30.6 Å². The van der Waals surface area contributed by atoms with E-state index in [9.17, 15) is 4.79 Å². The number of halogens is 1. The van der Waals surface area contributed by atoms with Crippen molar-refractivity contribution in [1.29, 1.82) is 0 Å². The number of carbonyl (C=O) groups excluding carboxylic acids is 1. The molecule has 0 aliphatic carbocycles. The fourth-order valence-corrected chi connectivity index (χ4v) is 2.14. The molecule has 0 unspecified atom stereocenters. The molecule has 0 aliphatic heterocycles. The van der Waals surface area contributed by atoms with Crippen molar-refractivity contribution in [3.8, 4) is 0 Å². The molecule has 0 saturated carbocycles. The molecule has 1 aromatic heterocycles. The van der Waals surface area contributed by atoms with Gasteiger partial charge < -0.3 is 15.4 Å². The monoisotopic (exact) mass is 334 g/mol.